The van der Waals surface area contributed by atoms with Crippen molar-refractivity contribution in [3.8, 4) is 0 Å². The van der Waals surface area contributed by atoms with Crippen LogP contribution in [0.15, 0.2) is 0 Å². The molecule has 118 valence electrons. The fourth-order valence-electron chi connectivity index (χ4n) is 2.89. The maximum absolute atomic E-state index is 10.3. The highest BCUT2D eigenvalue weighted by atomic mass is 16.4. The summed E-state index contributed by atoms with van der Waals surface area (Å²) in [5, 5.41) is 18.5. The van der Waals surface area contributed by atoms with Gasteiger partial charge in [0.15, 0.2) is 0 Å². The quantitative estimate of drug-likeness (QED) is 0.573. The standard InChI is InChI=1S/C16H31NO3/c18-15(14-17-12-8-5-9-13-17)10-6-3-1-2-4-7-11-16(19)20/h15,18H,1-14H2,(H,19,20). The van der Waals surface area contributed by atoms with Gasteiger partial charge < -0.3 is 15.1 Å². The Morgan fingerprint density at radius 3 is 2.20 bits per heavy atom. The van der Waals surface area contributed by atoms with Crippen LogP contribution in [0, 0.1) is 0 Å². The van der Waals surface area contributed by atoms with Crippen molar-refractivity contribution in [3.05, 3.63) is 0 Å². The highest BCUT2D eigenvalue weighted by Gasteiger charge is 2.13. The van der Waals surface area contributed by atoms with E-state index in [0.29, 0.717) is 6.42 Å². The average molecular weight is 285 g/mol. The topological polar surface area (TPSA) is 60.8 Å². The van der Waals surface area contributed by atoms with Crippen molar-refractivity contribution in [3.63, 3.8) is 0 Å². The highest BCUT2D eigenvalue weighted by molar-refractivity contribution is 5.66. The highest BCUT2D eigenvalue weighted by Crippen LogP contribution is 2.13. The number of carboxylic acids is 1. The molecule has 0 aromatic carbocycles. The molecular formula is C16H31NO3. The molecule has 1 heterocycles. The van der Waals surface area contributed by atoms with Crippen LogP contribution < -0.4 is 0 Å². The van der Waals surface area contributed by atoms with Crippen molar-refractivity contribution >= 4 is 5.97 Å². The molecule has 1 saturated heterocycles. The number of aliphatic hydroxyl groups excluding tert-OH is 1. The van der Waals surface area contributed by atoms with E-state index in [-0.39, 0.29) is 6.10 Å². The summed E-state index contributed by atoms with van der Waals surface area (Å²) in [5.74, 6) is -0.689. The fraction of sp³-hybridized carbons (Fsp3) is 0.938. The van der Waals surface area contributed by atoms with Crippen molar-refractivity contribution in [2.75, 3.05) is 19.6 Å². The average Bonchev–Trinajstić information content (AvgIpc) is 2.42. The van der Waals surface area contributed by atoms with E-state index in [9.17, 15) is 9.90 Å². The Bertz CT molecular complexity index is 252. The molecule has 1 fully saturated rings. The number of likely N-dealkylation sites (tertiary alicyclic amines) is 1. The molecule has 20 heavy (non-hydrogen) atoms. The first-order valence-corrected chi connectivity index (χ1v) is 8.30. The van der Waals surface area contributed by atoms with Crippen LogP contribution in [0.5, 0.6) is 0 Å². The lowest BCUT2D eigenvalue weighted by atomic mass is 10.0. The summed E-state index contributed by atoms with van der Waals surface area (Å²) < 4.78 is 0. The van der Waals surface area contributed by atoms with Gasteiger partial charge in [0.2, 0.25) is 0 Å². The maximum Gasteiger partial charge on any atom is 0.303 e. The van der Waals surface area contributed by atoms with E-state index < -0.39 is 5.97 Å². The molecular weight excluding hydrogens is 254 g/mol. The summed E-state index contributed by atoms with van der Waals surface area (Å²) in [6.45, 7) is 3.15. The van der Waals surface area contributed by atoms with Crippen LogP contribution in [0.2, 0.25) is 0 Å². The number of nitrogens with zero attached hydrogens (tertiary/aromatic N) is 1. The van der Waals surface area contributed by atoms with E-state index in [4.69, 9.17) is 5.11 Å². The number of β-amino-alcohol motifs (C(OH)–C–C–N with tert-alkyl or cyclic N) is 1. The lowest BCUT2D eigenvalue weighted by Gasteiger charge is -2.28. The first-order chi connectivity index (χ1) is 9.68. The number of piperidine rings is 1. The third-order valence-electron chi connectivity index (χ3n) is 4.10. The van der Waals surface area contributed by atoms with E-state index in [1.54, 1.807) is 0 Å². The van der Waals surface area contributed by atoms with Crippen molar-refractivity contribution < 1.29 is 15.0 Å². The molecule has 0 bridgehead atoms. The van der Waals surface area contributed by atoms with Crippen molar-refractivity contribution in [2.45, 2.75) is 76.7 Å². The number of aliphatic hydroxyl groups is 1. The molecule has 0 aromatic heterocycles. The van der Waals surface area contributed by atoms with Crippen molar-refractivity contribution in [1.82, 2.24) is 4.90 Å². The molecule has 0 saturated carbocycles. The number of aliphatic carboxylic acids is 1. The summed E-state index contributed by atoms with van der Waals surface area (Å²) in [5.41, 5.74) is 0. The largest absolute Gasteiger partial charge is 0.481 e. The molecule has 0 spiro atoms. The molecule has 1 atom stereocenters. The van der Waals surface area contributed by atoms with Gasteiger partial charge in [0.1, 0.15) is 0 Å². The van der Waals surface area contributed by atoms with E-state index in [0.717, 1.165) is 64.6 Å². The van der Waals surface area contributed by atoms with Gasteiger partial charge in [0.25, 0.3) is 0 Å². The lowest BCUT2D eigenvalue weighted by molar-refractivity contribution is -0.137. The van der Waals surface area contributed by atoms with Crippen LogP contribution in [-0.4, -0.2) is 46.8 Å². The van der Waals surface area contributed by atoms with Crippen LogP contribution in [0.4, 0.5) is 0 Å². The molecule has 1 rings (SSSR count). The minimum Gasteiger partial charge on any atom is -0.481 e. The van der Waals surface area contributed by atoms with Gasteiger partial charge in [-0.15, -0.1) is 0 Å². The van der Waals surface area contributed by atoms with Crippen LogP contribution >= 0.6 is 0 Å². The lowest BCUT2D eigenvalue weighted by Crippen LogP contribution is -2.36. The minimum absolute atomic E-state index is 0.167. The number of carboxylic acid groups (broad SMARTS) is 1. The summed E-state index contributed by atoms with van der Waals surface area (Å²) in [6.07, 6.45) is 11.3. The Labute approximate surface area is 123 Å². The van der Waals surface area contributed by atoms with Gasteiger partial charge in [-0.1, -0.05) is 38.5 Å². The van der Waals surface area contributed by atoms with Gasteiger partial charge >= 0.3 is 5.97 Å². The zero-order chi connectivity index (χ0) is 14.6. The second kappa shape index (κ2) is 11.1. The zero-order valence-electron chi connectivity index (χ0n) is 12.7. The molecule has 4 nitrogen and oxygen atoms in total. The van der Waals surface area contributed by atoms with Crippen LogP contribution in [0.1, 0.15) is 70.6 Å². The Balaban J connectivity index is 1.86. The molecule has 1 aliphatic heterocycles. The molecule has 1 unspecified atom stereocenters. The second-order valence-corrected chi connectivity index (χ2v) is 6.07. The minimum atomic E-state index is -0.689. The number of hydrogen-bond acceptors (Lipinski definition) is 3. The fourth-order valence-corrected chi connectivity index (χ4v) is 2.89. The van der Waals surface area contributed by atoms with E-state index in [2.05, 4.69) is 4.90 Å². The molecule has 2 N–H and O–H groups in total. The monoisotopic (exact) mass is 285 g/mol. The zero-order valence-corrected chi connectivity index (χ0v) is 12.7. The first-order valence-electron chi connectivity index (χ1n) is 8.30. The van der Waals surface area contributed by atoms with Gasteiger partial charge in [-0.2, -0.15) is 0 Å². The van der Waals surface area contributed by atoms with Crippen molar-refractivity contribution in [2.24, 2.45) is 0 Å². The van der Waals surface area contributed by atoms with Crippen molar-refractivity contribution in [1.29, 1.82) is 0 Å². The molecule has 4 heteroatoms. The van der Waals surface area contributed by atoms with Gasteiger partial charge in [0, 0.05) is 13.0 Å². The SMILES string of the molecule is O=C(O)CCCCCCCCC(O)CN1CCCCC1. The Morgan fingerprint density at radius 1 is 0.950 bits per heavy atom. The Morgan fingerprint density at radius 2 is 1.55 bits per heavy atom. The van der Waals surface area contributed by atoms with E-state index in [1.165, 1.54) is 19.3 Å². The molecule has 0 radical (unpaired) electrons. The Kier molecular flexibility index (Phi) is 9.67. The summed E-state index contributed by atoms with van der Waals surface area (Å²) >= 11 is 0. The number of rotatable bonds is 11. The van der Waals surface area contributed by atoms with Crippen LogP contribution in [-0.2, 0) is 4.79 Å². The second-order valence-electron chi connectivity index (χ2n) is 6.07. The number of carbonyl (C=O) groups is 1. The number of unbranched alkanes of at least 4 members (excludes halogenated alkanes) is 5. The van der Waals surface area contributed by atoms with Gasteiger partial charge in [-0.25, -0.2) is 0 Å². The summed E-state index contributed by atoms with van der Waals surface area (Å²) in [4.78, 5) is 12.7. The number of hydrogen-bond donors (Lipinski definition) is 2. The predicted molar refractivity (Wildman–Crippen MR) is 80.9 cm³/mol. The Hall–Kier alpha value is -0.610. The van der Waals surface area contributed by atoms with E-state index >= 15 is 0 Å². The van der Waals surface area contributed by atoms with Gasteiger partial charge in [-0.05, 0) is 38.8 Å². The van der Waals surface area contributed by atoms with Crippen LogP contribution in [0.25, 0.3) is 0 Å². The third kappa shape index (κ3) is 9.32. The molecule has 1 aliphatic rings. The molecule has 0 amide bonds. The maximum atomic E-state index is 10.3. The van der Waals surface area contributed by atoms with E-state index in [1.807, 2.05) is 0 Å². The predicted octanol–water partition coefficient (Wildman–Crippen LogP) is 3.04. The van der Waals surface area contributed by atoms with Crippen LogP contribution in [0.3, 0.4) is 0 Å². The van der Waals surface area contributed by atoms with Gasteiger partial charge in [-0.3, -0.25) is 4.79 Å². The molecule has 0 aliphatic carbocycles. The van der Waals surface area contributed by atoms with Gasteiger partial charge in [0.05, 0.1) is 6.10 Å². The summed E-state index contributed by atoms with van der Waals surface area (Å²) in [7, 11) is 0. The molecule has 0 aromatic rings. The third-order valence-corrected chi connectivity index (χ3v) is 4.10. The normalized spacial score (nSPS) is 18.1. The first kappa shape index (κ1) is 17.4. The smallest absolute Gasteiger partial charge is 0.303 e. The summed E-state index contributed by atoms with van der Waals surface area (Å²) in [6, 6.07) is 0.